The number of rotatable bonds is 22. The third kappa shape index (κ3) is 19.4. The van der Waals surface area contributed by atoms with E-state index in [4.69, 9.17) is 0 Å². The van der Waals surface area contributed by atoms with Crippen molar-refractivity contribution in [2.75, 3.05) is 24.6 Å². The highest BCUT2D eigenvalue weighted by Crippen LogP contribution is 2.40. The molecule has 4 amide bonds. The average Bonchev–Trinajstić information content (AvgIpc) is 4.16. The van der Waals surface area contributed by atoms with E-state index in [0.717, 1.165) is 56.5 Å². The number of fused-ring (bicyclic) bond motifs is 2. The Bertz CT molecular complexity index is 1910. The van der Waals surface area contributed by atoms with Gasteiger partial charge in [-0.15, -0.1) is 23.5 Å². The SMILES string of the molecule is CC(C)C[C@@H](C(=O)C(C)C)N1CC[C@@H](NC(C)C)C1=O.CC(C)C[C@@H](C(=O)C(C)C)N1CC[C@H](NC(C)C)C1=O.CC(C)N[C@@H]1CC2SC[C@H](C(=O)C(C)C)N2C1=O.CC(C)N[C@@H]1CC[C@H]2SC[C@H](C(=O)C(C)C)N2C1=O. The summed E-state index contributed by atoms with van der Waals surface area (Å²) in [5.74, 6) is 3.50. The lowest BCUT2D eigenvalue weighted by Gasteiger charge is -2.38. The lowest BCUT2D eigenvalue weighted by Crippen LogP contribution is -2.58. The second-order valence-electron chi connectivity index (χ2n) is 25.6. The smallest absolute Gasteiger partial charge is 0.241 e. The van der Waals surface area contributed by atoms with Crippen molar-refractivity contribution in [3.63, 3.8) is 0 Å². The molecule has 6 aliphatic rings. The molecule has 6 saturated heterocycles. The average molecular weight is 1120 g/mol. The van der Waals surface area contributed by atoms with Gasteiger partial charge in [-0.05, 0) is 50.4 Å². The van der Waals surface area contributed by atoms with E-state index < -0.39 is 0 Å². The first-order chi connectivity index (χ1) is 35.8. The Kier molecular flexibility index (Phi) is 27.8. The fourth-order valence-electron chi connectivity index (χ4n) is 11.1. The summed E-state index contributed by atoms with van der Waals surface area (Å²) in [5.41, 5.74) is 0. The van der Waals surface area contributed by atoms with Crippen LogP contribution in [0, 0.1) is 35.5 Å². The maximum atomic E-state index is 12.6. The van der Waals surface area contributed by atoms with Gasteiger partial charge in [-0.1, -0.05) is 138 Å². The van der Waals surface area contributed by atoms with E-state index in [-0.39, 0.29) is 142 Å². The summed E-state index contributed by atoms with van der Waals surface area (Å²) < 4.78 is 0. The molecule has 77 heavy (non-hydrogen) atoms. The molecule has 0 saturated carbocycles. The monoisotopic (exact) mass is 1120 g/mol. The fraction of sp³-hybridized carbons (Fsp3) is 0.864. The van der Waals surface area contributed by atoms with E-state index >= 15 is 0 Å². The number of ketones is 4. The lowest BCUT2D eigenvalue weighted by molar-refractivity contribution is -0.144. The van der Waals surface area contributed by atoms with Gasteiger partial charge in [-0.2, -0.15) is 0 Å². The molecule has 0 aromatic carbocycles. The number of thioether (sulfide) groups is 2. The molecular weight excluding hydrogens is 1010 g/mol. The zero-order valence-corrected chi connectivity index (χ0v) is 52.8. The third-order valence-corrected chi connectivity index (χ3v) is 17.4. The molecule has 18 heteroatoms. The van der Waals surface area contributed by atoms with Gasteiger partial charge in [0, 0.05) is 78.9 Å². The van der Waals surface area contributed by atoms with Crippen LogP contribution >= 0.6 is 23.5 Å². The van der Waals surface area contributed by atoms with Gasteiger partial charge in [-0.3, -0.25) is 38.4 Å². The Hall–Kier alpha value is -2.90. The van der Waals surface area contributed by atoms with Crippen LogP contribution in [-0.2, 0) is 38.4 Å². The van der Waals surface area contributed by atoms with E-state index in [2.05, 4.69) is 62.8 Å². The second-order valence-corrected chi connectivity index (χ2v) is 28.0. The van der Waals surface area contributed by atoms with Crippen LogP contribution in [-0.4, -0.2) is 174 Å². The van der Waals surface area contributed by atoms with E-state index in [1.165, 1.54) is 0 Å². The molecule has 6 heterocycles. The van der Waals surface area contributed by atoms with Crippen LogP contribution in [0.3, 0.4) is 0 Å². The summed E-state index contributed by atoms with van der Waals surface area (Å²) in [6, 6.07) is -0.213. The van der Waals surface area contributed by atoms with Crippen molar-refractivity contribution >= 4 is 70.3 Å². The predicted molar refractivity (Wildman–Crippen MR) is 314 cm³/mol. The number of carbonyl (C=O) groups excluding carboxylic acids is 8. The molecule has 0 aromatic rings. The summed E-state index contributed by atoms with van der Waals surface area (Å²) in [6.45, 7) is 41.5. The molecule has 16 nitrogen and oxygen atoms in total. The van der Waals surface area contributed by atoms with E-state index in [1.54, 1.807) is 23.5 Å². The zero-order valence-electron chi connectivity index (χ0n) is 51.2. The number of amides is 4. The topological polar surface area (TPSA) is 198 Å². The summed E-state index contributed by atoms with van der Waals surface area (Å²) in [6.07, 6.45) is 5.82. The number of nitrogens with one attached hydrogen (secondary N) is 4. The highest BCUT2D eigenvalue weighted by atomic mass is 32.2. The van der Waals surface area contributed by atoms with Crippen LogP contribution in [0.1, 0.15) is 183 Å². The lowest BCUT2D eigenvalue weighted by atomic mass is 9.93. The number of nitrogens with zero attached hydrogens (tertiary/aromatic N) is 4. The standard InChI is InChI=1S/2C16H30N2O2.C14H24N2O2S.C13H22N2O2S/c2*1-10(2)9-14(15(19)11(3)4)18-8-7-13(16(18)20)17-12(5)6;1-8(2)13(17)11-7-19-12-6-5-10(15-9(3)4)14(18)16(11)12;1-7(2)12(16)10-6-18-11-5-9(14-8(3)4)13(17)15(10)11/h2*10-14,17H,7-9H2,1-6H3;8-12,15H,5-7H2,1-4H3;7-11,14H,5-6H2,1-4H3/t13-,14+;13-,14-;10-,11-,12-;9-,10-,11?/m1011/s1. The van der Waals surface area contributed by atoms with Gasteiger partial charge in [0.25, 0.3) is 0 Å². The molecular formula is C59H106N8O8S2. The van der Waals surface area contributed by atoms with E-state index in [9.17, 15) is 38.4 Å². The maximum Gasteiger partial charge on any atom is 0.241 e. The number of piperidine rings is 1. The Morgan fingerprint density at radius 1 is 0.429 bits per heavy atom. The minimum absolute atomic E-state index is 0.000687. The maximum absolute atomic E-state index is 12.6. The van der Waals surface area contributed by atoms with Crippen LogP contribution in [0.15, 0.2) is 0 Å². The summed E-state index contributed by atoms with van der Waals surface area (Å²) in [7, 11) is 0. The summed E-state index contributed by atoms with van der Waals surface area (Å²) >= 11 is 3.51. The normalized spacial score (nSPS) is 26.2. The first kappa shape index (κ1) is 68.4. The van der Waals surface area contributed by atoms with Gasteiger partial charge < -0.3 is 40.9 Å². The van der Waals surface area contributed by atoms with Crippen LogP contribution in [0.5, 0.6) is 0 Å². The summed E-state index contributed by atoms with van der Waals surface area (Å²) in [5, 5.41) is 13.6. The quantitative estimate of drug-likeness (QED) is 0.0840. The highest BCUT2D eigenvalue weighted by molar-refractivity contribution is 8.00. The predicted octanol–water partition coefficient (Wildman–Crippen LogP) is 7.34. The van der Waals surface area contributed by atoms with Gasteiger partial charge in [-0.25, -0.2) is 0 Å². The van der Waals surface area contributed by atoms with Crippen LogP contribution < -0.4 is 21.3 Å². The van der Waals surface area contributed by atoms with Crippen molar-refractivity contribution in [1.29, 1.82) is 0 Å². The summed E-state index contributed by atoms with van der Waals surface area (Å²) in [4.78, 5) is 106. The third-order valence-electron chi connectivity index (χ3n) is 14.8. The molecule has 6 rings (SSSR count). The Labute approximate surface area is 474 Å². The van der Waals surface area contributed by atoms with Crippen LogP contribution in [0.25, 0.3) is 0 Å². The number of carbonyl (C=O) groups is 8. The van der Waals surface area contributed by atoms with Crippen molar-refractivity contribution in [3.05, 3.63) is 0 Å². The van der Waals surface area contributed by atoms with Crippen molar-refractivity contribution in [2.24, 2.45) is 35.5 Å². The second kappa shape index (κ2) is 31.3. The Balaban J connectivity index is 0.000000270. The van der Waals surface area contributed by atoms with Gasteiger partial charge in [0.1, 0.15) is 12.1 Å². The van der Waals surface area contributed by atoms with Crippen molar-refractivity contribution in [2.45, 2.75) is 267 Å². The molecule has 1 unspecified atom stereocenters. The Morgan fingerprint density at radius 2 is 0.753 bits per heavy atom. The van der Waals surface area contributed by atoms with Crippen molar-refractivity contribution in [3.8, 4) is 0 Å². The zero-order chi connectivity index (χ0) is 58.5. The molecule has 0 radical (unpaired) electrons. The van der Waals surface area contributed by atoms with E-state index in [0.29, 0.717) is 37.0 Å². The molecule has 6 aliphatic heterocycles. The van der Waals surface area contributed by atoms with Crippen molar-refractivity contribution < 1.29 is 38.4 Å². The van der Waals surface area contributed by atoms with Crippen LogP contribution in [0.2, 0.25) is 0 Å². The molecule has 4 N–H and O–H groups in total. The van der Waals surface area contributed by atoms with Gasteiger partial charge in [0.05, 0.1) is 47.0 Å². The molecule has 0 bridgehead atoms. The first-order valence-electron chi connectivity index (χ1n) is 29.5. The number of likely N-dealkylation sites (tertiary alicyclic amines) is 2. The van der Waals surface area contributed by atoms with Gasteiger partial charge >= 0.3 is 0 Å². The number of hydrogen-bond donors (Lipinski definition) is 4. The van der Waals surface area contributed by atoms with E-state index in [1.807, 2.05) is 117 Å². The van der Waals surface area contributed by atoms with Gasteiger partial charge in [0.2, 0.25) is 23.6 Å². The number of hydrogen-bond acceptors (Lipinski definition) is 14. The molecule has 0 aliphatic carbocycles. The largest absolute Gasteiger partial charge is 0.331 e. The minimum Gasteiger partial charge on any atom is -0.331 e. The highest BCUT2D eigenvalue weighted by Gasteiger charge is 2.50. The minimum atomic E-state index is -0.249. The Morgan fingerprint density at radius 3 is 1.09 bits per heavy atom. The molecule has 442 valence electrons. The van der Waals surface area contributed by atoms with Gasteiger partial charge in [0.15, 0.2) is 23.1 Å². The number of Topliss-reactive ketones (excluding diaryl/α,β-unsaturated/α-hetero) is 4. The molecule has 6 fully saturated rings. The fourth-order valence-corrected chi connectivity index (χ4v) is 14.0. The van der Waals surface area contributed by atoms with Crippen LogP contribution in [0.4, 0.5) is 0 Å². The van der Waals surface area contributed by atoms with Crippen molar-refractivity contribution in [1.82, 2.24) is 40.9 Å². The molecule has 0 spiro atoms. The molecule has 10 atom stereocenters. The first-order valence-corrected chi connectivity index (χ1v) is 31.6. The molecule has 0 aromatic heterocycles.